The van der Waals surface area contributed by atoms with E-state index in [1.807, 2.05) is 86.6 Å². The van der Waals surface area contributed by atoms with Crippen molar-refractivity contribution in [1.29, 1.82) is 0 Å². The standard InChI is InChI=1S/C39H29F3N2OS.Pt/c1-23-14-27(33-10-5-6-12-43-33)20-29(16-23)45-30-17-24(2)15-28(21-30)36-37-32(11-13-44-36)31-9-7-8-26-18-25(19-34(46-37)35(26)31)22-38(3,4)39(40,41)42;/h5-19H,22H2,1-4H3;/q-2;+2. The van der Waals surface area contributed by atoms with Crippen LogP contribution in [0.3, 0.4) is 0 Å². The van der Waals surface area contributed by atoms with Gasteiger partial charge in [-0.15, -0.1) is 34.4 Å². The SMILES string of the molecule is Cc1cc(Oc2[c-]c(-c3nccc4c3Sc3cc(CC(C)(C)C(F)(F)F)cc5cccc-4c35)cc(C)c2)[c-]c(-c2ccccn2)c1.[Pt+2]. The molecule has 6 aromatic rings. The molecule has 0 amide bonds. The van der Waals surface area contributed by atoms with Crippen molar-refractivity contribution in [2.45, 2.75) is 50.1 Å². The van der Waals surface area contributed by atoms with Crippen LogP contribution in [0.2, 0.25) is 0 Å². The molecule has 0 saturated carbocycles. The van der Waals surface area contributed by atoms with Crippen LogP contribution in [0.15, 0.2) is 101 Å². The third-order valence-corrected chi connectivity index (χ3v) is 9.37. The van der Waals surface area contributed by atoms with Gasteiger partial charge in [0.25, 0.3) is 0 Å². The first-order valence-electron chi connectivity index (χ1n) is 14.9. The van der Waals surface area contributed by atoms with Crippen molar-refractivity contribution in [2.75, 3.05) is 0 Å². The number of aryl methyl sites for hydroxylation is 2. The number of benzene rings is 4. The Hall–Kier alpha value is -3.93. The van der Waals surface area contributed by atoms with Gasteiger partial charge in [-0.25, -0.2) is 0 Å². The van der Waals surface area contributed by atoms with Crippen LogP contribution in [0.1, 0.15) is 30.5 Å². The molecule has 1 aliphatic heterocycles. The molecule has 0 unspecified atom stereocenters. The first-order chi connectivity index (χ1) is 21.9. The molecule has 8 heteroatoms. The van der Waals surface area contributed by atoms with E-state index in [-0.39, 0.29) is 27.5 Å². The Morgan fingerprint density at radius 1 is 0.766 bits per heavy atom. The summed E-state index contributed by atoms with van der Waals surface area (Å²) in [5.74, 6) is 1.09. The average Bonchev–Trinajstić information content (AvgIpc) is 3.00. The van der Waals surface area contributed by atoms with Gasteiger partial charge in [-0.3, -0.25) is 0 Å². The molecule has 0 aliphatic carbocycles. The summed E-state index contributed by atoms with van der Waals surface area (Å²) in [5, 5.41) is 1.97. The average molecular weight is 826 g/mol. The maximum atomic E-state index is 13.8. The van der Waals surface area contributed by atoms with E-state index in [9.17, 15) is 13.2 Å². The van der Waals surface area contributed by atoms with Crippen LogP contribution in [0.5, 0.6) is 11.5 Å². The maximum absolute atomic E-state index is 13.8. The fraction of sp³-hybridized carbons (Fsp3) is 0.179. The van der Waals surface area contributed by atoms with Crippen molar-refractivity contribution in [3.8, 4) is 45.1 Å². The minimum absolute atomic E-state index is 0. The van der Waals surface area contributed by atoms with E-state index in [0.717, 1.165) is 65.3 Å². The van der Waals surface area contributed by atoms with E-state index in [4.69, 9.17) is 9.72 Å². The van der Waals surface area contributed by atoms with Crippen molar-refractivity contribution in [3.05, 3.63) is 120 Å². The van der Waals surface area contributed by atoms with Gasteiger partial charge in [0.2, 0.25) is 0 Å². The zero-order valence-corrected chi connectivity index (χ0v) is 29.1. The Labute approximate surface area is 290 Å². The molecule has 47 heavy (non-hydrogen) atoms. The fourth-order valence-corrected chi connectivity index (χ4v) is 7.22. The molecule has 2 aromatic heterocycles. The zero-order valence-electron chi connectivity index (χ0n) is 26.0. The molecule has 3 heterocycles. The molecule has 0 radical (unpaired) electrons. The summed E-state index contributed by atoms with van der Waals surface area (Å²) in [6.45, 7) is 6.51. The first-order valence-corrected chi connectivity index (χ1v) is 15.7. The molecule has 0 spiro atoms. The van der Waals surface area contributed by atoms with Crippen LogP contribution >= 0.6 is 11.8 Å². The second-order valence-corrected chi connectivity index (χ2v) is 13.4. The summed E-state index contributed by atoms with van der Waals surface area (Å²) in [4.78, 5) is 11.1. The van der Waals surface area contributed by atoms with Crippen LogP contribution in [-0.4, -0.2) is 16.1 Å². The van der Waals surface area contributed by atoms with E-state index in [1.165, 1.54) is 13.8 Å². The van der Waals surface area contributed by atoms with Crippen molar-refractivity contribution >= 4 is 22.5 Å². The fourth-order valence-electron chi connectivity index (χ4n) is 5.91. The number of hydrogen-bond donors (Lipinski definition) is 0. The number of rotatable bonds is 6. The molecule has 238 valence electrons. The molecule has 0 fully saturated rings. The normalized spacial score (nSPS) is 12.4. The van der Waals surface area contributed by atoms with Gasteiger partial charge < -0.3 is 14.7 Å². The molecule has 4 aromatic carbocycles. The predicted octanol–water partition coefficient (Wildman–Crippen LogP) is 11.2. The van der Waals surface area contributed by atoms with E-state index in [0.29, 0.717) is 17.1 Å². The van der Waals surface area contributed by atoms with Crippen LogP contribution in [-0.2, 0) is 27.5 Å². The Bertz CT molecular complexity index is 2130. The number of pyridine rings is 2. The topological polar surface area (TPSA) is 35.0 Å². The van der Waals surface area contributed by atoms with Gasteiger partial charge in [0, 0.05) is 44.8 Å². The van der Waals surface area contributed by atoms with Gasteiger partial charge >= 0.3 is 27.2 Å². The van der Waals surface area contributed by atoms with Crippen LogP contribution in [0.25, 0.3) is 44.4 Å². The van der Waals surface area contributed by atoms with E-state index in [2.05, 4.69) is 23.2 Å². The van der Waals surface area contributed by atoms with E-state index >= 15 is 0 Å². The maximum Gasteiger partial charge on any atom is 2.00 e. The second-order valence-electron chi connectivity index (χ2n) is 12.4. The van der Waals surface area contributed by atoms with Crippen molar-refractivity contribution in [1.82, 2.24) is 9.97 Å². The Morgan fingerprint density at radius 2 is 1.49 bits per heavy atom. The van der Waals surface area contributed by atoms with Gasteiger partial charge in [0.15, 0.2) is 0 Å². The molecule has 0 atom stereocenters. The predicted molar refractivity (Wildman–Crippen MR) is 177 cm³/mol. The number of alkyl halides is 3. The van der Waals surface area contributed by atoms with Crippen LogP contribution in [0.4, 0.5) is 13.2 Å². The third-order valence-electron chi connectivity index (χ3n) is 8.21. The summed E-state index contributed by atoms with van der Waals surface area (Å²) in [6, 6.07) is 32.2. The number of halogens is 3. The van der Waals surface area contributed by atoms with Gasteiger partial charge in [-0.1, -0.05) is 100 Å². The van der Waals surface area contributed by atoms with Crippen molar-refractivity contribution in [2.24, 2.45) is 5.41 Å². The van der Waals surface area contributed by atoms with E-state index in [1.54, 1.807) is 24.2 Å². The molecular weight excluding hydrogens is 797 g/mol. The zero-order chi connectivity index (χ0) is 32.2. The summed E-state index contributed by atoms with van der Waals surface area (Å²) in [5.41, 5.74) is 6.00. The molecule has 3 nitrogen and oxygen atoms in total. The number of nitrogens with zero attached hydrogens (tertiary/aromatic N) is 2. The first kappa shape index (κ1) is 33.0. The molecule has 1 aliphatic rings. The van der Waals surface area contributed by atoms with Gasteiger partial charge in [-0.2, -0.15) is 13.2 Å². The Kier molecular flexibility index (Phi) is 8.84. The minimum atomic E-state index is -4.31. The minimum Gasteiger partial charge on any atom is -0.497 e. The third kappa shape index (κ3) is 6.48. The second kappa shape index (κ2) is 12.6. The summed E-state index contributed by atoms with van der Waals surface area (Å²) < 4.78 is 47.8. The number of ether oxygens (including phenoxy) is 1. The number of aromatic nitrogens is 2. The van der Waals surface area contributed by atoms with Gasteiger partial charge in [-0.05, 0) is 52.4 Å². The smallest absolute Gasteiger partial charge is 0.497 e. The Morgan fingerprint density at radius 3 is 2.19 bits per heavy atom. The molecular formula is C39H29F3N2OPtS. The molecule has 0 saturated heterocycles. The monoisotopic (exact) mass is 825 g/mol. The molecule has 0 N–H and O–H groups in total. The van der Waals surface area contributed by atoms with Crippen LogP contribution < -0.4 is 4.74 Å². The van der Waals surface area contributed by atoms with E-state index < -0.39 is 11.6 Å². The molecule has 0 bridgehead atoms. The number of fused-ring (bicyclic) bond motifs is 2. The molecule has 7 rings (SSSR count). The Balaban J connectivity index is 0.00000386. The summed E-state index contributed by atoms with van der Waals surface area (Å²) in [6.07, 6.45) is -0.875. The van der Waals surface area contributed by atoms with Gasteiger partial charge in [0.1, 0.15) is 0 Å². The van der Waals surface area contributed by atoms with Crippen LogP contribution in [0, 0.1) is 31.4 Å². The van der Waals surface area contributed by atoms with Gasteiger partial charge in [0.05, 0.1) is 5.41 Å². The summed E-state index contributed by atoms with van der Waals surface area (Å²) >= 11 is 1.54. The quantitative estimate of drug-likeness (QED) is 0.157. The number of hydrogen-bond acceptors (Lipinski definition) is 4. The largest absolute Gasteiger partial charge is 2.00 e. The summed E-state index contributed by atoms with van der Waals surface area (Å²) in [7, 11) is 0. The van der Waals surface area contributed by atoms with Crippen molar-refractivity contribution < 1.29 is 39.0 Å². The van der Waals surface area contributed by atoms with Crippen molar-refractivity contribution in [3.63, 3.8) is 0 Å².